The molecule has 3 aromatic rings. The van der Waals surface area contributed by atoms with Crippen molar-refractivity contribution in [1.82, 2.24) is 19.9 Å². The van der Waals surface area contributed by atoms with Gasteiger partial charge in [0.1, 0.15) is 5.82 Å². The van der Waals surface area contributed by atoms with E-state index < -0.39 is 0 Å². The van der Waals surface area contributed by atoms with Gasteiger partial charge < -0.3 is 11.2 Å². The number of amides is 1. The van der Waals surface area contributed by atoms with Gasteiger partial charge in [-0.3, -0.25) is 4.79 Å². The molecule has 0 aliphatic heterocycles. The Hall–Kier alpha value is -2.58. The third-order valence-corrected chi connectivity index (χ3v) is 4.56. The topological polar surface area (TPSA) is 98.7 Å². The molecule has 1 aromatic carbocycles. The fraction of sp³-hybridized carbons (Fsp3) is 0.125. The first-order valence-corrected chi connectivity index (χ1v) is 8.71. The first-order valence-electron chi connectivity index (χ1n) is 7.35. The third kappa shape index (κ3) is 4.09. The van der Waals surface area contributed by atoms with Crippen molar-refractivity contribution < 1.29 is 4.79 Å². The zero-order chi connectivity index (χ0) is 17.8. The molecule has 0 fully saturated rings. The largest absolute Gasteiger partial charge is 0.335 e. The van der Waals surface area contributed by atoms with Crippen LogP contribution in [0, 0.1) is 6.92 Å². The van der Waals surface area contributed by atoms with E-state index in [0.29, 0.717) is 21.8 Å². The molecule has 0 bridgehead atoms. The molecule has 0 radical (unpaired) electrons. The maximum atomic E-state index is 12.1. The molecule has 2 aromatic heterocycles. The van der Waals surface area contributed by atoms with Gasteiger partial charge in [-0.15, -0.1) is 10.2 Å². The van der Waals surface area contributed by atoms with E-state index in [4.69, 9.17) is 17.4 Å². The van der Waals surface area contributed by atoms with Crippen molar-refractivity contribution in [2.24, 2.45) is 0 Å². The van der Waals surface area contributed by atoms with Gasteiger partial charge in [0.05, 0.1) is 5.75 Å². The minimum Gasteiger partial charge on any atom is -0.335 e. The van der Waals surface area contributed by atoms with Gasteiger partial charge in [0.25, 0.3) is 0 Å². The molecule has 9 heteroatoms. The molecule has 7 nitrogen and oxygen atoms in total. The number of carbonyl (C=O) groups is 1. The highest BCUT2D eigenvalue weighted by Crippen LogP contribution is 2.23. The Morgan fingerprint density at radius 2 is 2.04 bits per heavy atom. The molecule has 0 saturated heterocycles. The normalized spacial score (nSPS) is 10.6. The summed E-state index contributed by atoms with van der Waals surface area (Å²) in [4.78, 5) is 16.2. The molecule has 0 aliphatic rings. The second-order valence-electron chi connectivity index (χ2n) is 5.19. The molecule has 128 valence electrons. The molecule has 3 N–H and O–H groups in total. The highest BCUT2D eigenvalue weighted by Gasteiger charge is 2.14. The van der Waals surface area contributed by atoms with Crippen LogP contribution in [0.2, 0.25) is 5.02 Å². The van der Waals surface area contributed by atoms with Crippen molar-refractivity contribution in [2.45, 2.75) is 12.1 Å². The number of hydrogen-bond donors (Lipinski definition) is 2. The first-order chi connectivity index (χ1) is 12.0. The molecule has 3 rings (SSSR count). The van der Waals surface area contributed by atoms with Crippen LogP contribution in [0.15, 0.2) is 47.8 Å². The number of hydrogen-bond acceptors (Lipinski definition) is 6. The summed E-state index contributed by atoms with van der Waals surface area (Å²) in [6, 6.07) is 10.8. The van der Waals surface area contributed by atoms with Gasteiger partial charge in [0, 0.05) is 16.8 Å². The SMILES string of the molecule is Cc1cccnc1NC(=O)CSc1nnc(-c2ccc(Cl)cc2)n1N. The summed E-state index contributed by atoms with van der Waals surface area (Å²) in [7, 11) is 0. The average molecular weight is 375 g/mol. The zero-order valence-corrected chi connectivity index (χ0v) is 14.9. The van der Waals surface area contributed by atoms with Crippen LogP contribution in [0.1, 0.15) is 5.56 Å². The molecule has 0 spiro atoms. The third-order valence-electron chi connectivity index (χ3n) is 3.37. The monoisotopic (exact) mass is 374 g/mol. The number of carbonyl (C=O) groups excluding carboxylic acids is 1. The van der Waals surface area contributed by atoms with E-state index in [1.807, 2.05) is 19.1 Å². The van der Waals surface area contributed by atoms with Crippen molar-refractivity contribution in [1.29, 1.82) is 0 Å². The number of rotatable bonds is 5. The quantitative estimate of drug-likeness (QED) is 0.526. The van der Waals surface area contributed by atoms with Crippen molar-refractivity contribution in [3.05, 3.63) is 53.2 Å². The summed E-state index contributed by atoms with van der Waals surface area (Å²) < 4.78 is 1.35. The smallest absolute Gasteiger partial charge is 0.236 e. The highest BCUT2D eigenvalue weighted by atomic mass is 35.5. The summed E-state index contributed by atoms with van der Waals surface area (Å²) >= 11 is 7.08. The van der Waals surface area contributed by atoms with E-state index in [0.717, 1.165) is 11.1 Å². The van der Waals surface area contributed by atoms with Crippen molar-refractivity contribution >= 4 is 35.1 Å². The van der Waals surface area contributed by atoms with E-state index in [1.54, 1.807) is 30.5 Å². The summed E-state index contributed by atoms with van der Waals surface area (Å²) in [6.07, 6.45) is 1.63. The van der Waals surface area contributed by atoms with Crippen molar-refractivity contribution in [3.8, 4) is 11.4 Å². The summed E-state index contributed by atoms with van der Waals surface area (Å²) in [6.45, 7) is 1.88. The van der Waals surface area contributed by atoms with Crippen LogP contribution in [-0.2, 0) is 4.79 Å². The van der Waals surface area contributed by atoms with E-state index in [-0.39, 0.29) is 11.7 Å². The van der Waals surface area contributed by atoms with Gasteiger partial charge in [-0.25, -0.2) is 9.66 Å². The van der Waals surface area contributed by atoms with Gasteiger partial charge in [-0.05, 0) is 42.8 Å². The molecule has 25 heavy (non-hydrogen) atoms. The number of nitrogen functional groups attached to an aromatic ring is 1. The van der Waals surface area contributed by atoms with E-state index >= 15 is 0 Å². The molecule has 1 amide bonds. The zero-order valence-electron chi connectivity index (χ0n) is 13.3. The van der Waals surface area contributed by atoms with Crippen LogP contribution >= 0.6 is 23.4 Å². The predicted octanol–water partition coefficient (Wildman–Crippen LogP) is 2.75. The van der Waals surface area contributed by atoms with Crippen LogP contribution < -0.4 is 11.2 Å². The minimum atomic E-state index is -0.192. The second-order valence-corrected chi connectivity index (χ2v) is 6.57. The van der Waals surface area contributed by atoms with Gasteiger partial charge in [0.2, 0.25) is 11.1 Å². The number of halogens is 1. The number of nitrogens with zero attached hydrogens (tertiary/aromatic N) is 4. The number of pyridine rings is 1. The maximum absolute atomic E-state index is 12.1. The van der Waals surface area contributed by atoms with E-state index in [9.17, 15) is 4.79 Å². The predicted molar refractivity (Wildman–Crippen MR) is 98.9 cm³/mol. The fourth-order valence-electron chi connectivity index (χ4n) is 2.09. The second kappa shape index (κ2) is 7.54. The Kier molecular flexibility index (Phi) is 5.20. The summed E-state index contributed by atoms with van der Waals surface area (Å²) in [5.41, 5.74) is 1.69. The summed E-state index contributed by atoms with van der Waals surface area (Å²) in [5, 5.41) is 11.9. The Morgan fingerprint density at radius 1 is 1.28 bits per heavy atom. The number of benzene rings is 1. The number of anilines is 1. The maximum Gasteiger partial charge on any atom is 0.236 e. The molecule has 0 unspecified atom stereocenters. The fourth-order valence-corrected chi connectivity index (χ4v) is 2.87. The van der Waals surface area contributed by atoms with Crippen LogP contribution in [0.3, 0.4) is 0 Å². The molecule has 0 saturated carbocycles. The molecular formula is C16H15ClN6OS. The lowest BCUT2D eigenvalue weighted by atomic mass is 10.2. The van der Waals surface area contributed by atoms with Crippen LogP contribution in [0.5, 0.6) is 0 Å². The van der Waals surface area contributed by atoms with Gasteiger partial charge in [-0.2, -0.15) is 0 Å². The number of thioether (sulfide) groups is 1. The Morgan fingerprint density at radius 3 is 2.76 bits per heavy atom. The van der Waals surface area contributed by atoms with E-state index in [1.165, 1.54) is 16.4 Å². The average Bonchev–Trinajstić information content (AvgIpc) is 2.97. The number of nitrogens with two attached hydrogens (primary N) is 1. The minimum absolute atomic E-state index is 0.145. The van der Waals surface area contributed by atoms with Gasteiger partial charge in [0.15, 0.2) is 5.82 Å². The number of aromatic nitrogens is 4. The van der Waals surface area contributed by atoms with Crippen molar-refractivity contribution in [3.63, 3.8) is 0 Å². The molecular weight excluding hydrogens is 360 g/mol. The lowest BCUT2D eigenvalue weighted by Gasteiger charge is -2.06. The molecule has 0 atom stereocenters. The Labute approximate surface area is 153 Å². The number of aryl methyl sites for hydroxylation is 1. The Balaban J connectivity index is 1.65. The van der Waals surface area contributed by atoms with Crippen molar-refractivity contribution in [2.75, 3.05) is 16.9 Å². The van der Waals surface area contributed by atoms with E-state index in [2.05, 4.69) is 20.5 Å². The lowest BCUT2D eigenvalue weighted by Crippen LogP contribution is -2.17. The van der Waals surface area contributed by atoms with Crippen LogP contribution in [-0.4, -0.2) is 31.5 Å². The standard InChI is InChI=1S/C16H15ClN6OS/c1-10-3-2-8-19-14(10)20-13(24)9-25-16-22-21-15(23(16)18)11-4-6-12(17)7-5-11/h2-8H,9,18H2,1H3,(H,19,20,24). The first kappa shape index (κ1) is 17.2. The molecule has 2 heterocycles. The van der Waals surface area contributed by atoms with Gasteiger partial charge >= 0.3 is 0 Å². The Bertz CT molecular complexity index is 896. The van der Waals surface area contributed by atoms with Gasteiger partial charge in [-0.1, -0.05) is 29.4 Å². The lowest BCUT2D eigenvalue weighted by molar-refractivity contribution is -0.113. The molecule has 0 aliphatic carbocycles. The highest BCUT2D eigenvalue weighted by molar-refractivity contribution is 7.99. The van der Waals surface area contributed by atoms with Crippen LogP contribution in [0.4, 0.5) is 5.82 Å². The number of nitrogens with one attached hydrogen (secondary N) is 1. The summed E-state index contributed by atoms with van der Waals surface area (Å²) in [5.74, 6) is 7.03. The van der Waals surface area contributed by atoms with Crippen LogP contribution in [0.25, 0.3) is 11.4 Å².